The molecule has 0 aliphatic rings. The molecular weight excluding hydrogens is 200 g/mol. The topological polar surface area (TPSA) is 29.1 Å². The van der Waals surface area contributed by atoms with Crippen LogP contribution in [0.2, 0.25) is 0 Å². The normalized spacial score (nSPS) is 11.3. The quantitative estimate of drug-likeness (QED) is 0.799. The van der Waals surface area contributed by atoms with Gasteiger partial charge in [-0.15, -0.1) is 0 Å². The SMILES string of the molecule is CNC(=O)C(C)(C)c1cccc(F)c1F. The second-order valence-corrected chi connectivity index (χ2v) is 3.81. The van der Waals surface area contributed by atoms with Gasteiger partial charge in [-0.3, -0.25) is 4.79 Å². The minimum atomic E-state index is -1.08. The lowest BCUT2D eigenvalue weighted by Crippen LogP contribution is -2.38. The summed E-state index contributed by atoms with van der Waals surface area (Å²) in [6.07, 6.45) is 0. The molecule has 1 aromatic carbocycles. The highest BCUT2D eigenvalue weighted by Crippen LogP contribution is 2.27. The number of benzene rings is 1. The Morgan fingerprint density at radius 3 is 2.47 bits per heavy atom. The van der Waals surface area contributed by atoms with E-state index in [1.807, 2.05) is 0 Å². The van der Waals surface area contributed by atoms with Crippen molar-refractivity contribution in [3.8, 4) is 0 Å². The Balaban J connectivity index is 3.27. The van der Waals surface area contributed by atoms with Crippen molar-refractivity contribution in [1.82, 2.24) is 5.32 Å². The first-order chi connectivity index (χ1) is 6.91. The molecule has 0 saturated heterocycles. The van der Waals surface area contributed by atoms with Gasteiger partial charge in [-0.25, -0.2) is 8.78 Å². The Kier molecular flexibility index (Phi) is 3.07. The monoisotopic (exact) mass is 213 g/mol. The lowest BCUT2D eigenvalue weighted by Gasteiger charge is -2.23. The first-order valence-corrected chi connectivity index (χ1v) is 4.58. The largest absolute Gasteiger partial charge is 0.358 e. The van der Waals surface area contributed by atoms with Crippen molar-refractivity contribution in [2.45, 2.75) is 19.3 Å². The molecule has 0 heterocycles. The number of likely N-dealkylation sites (N-methyl/N-ethyl adjacent to an activating group) is 1. The summed E-state index contributed by atoms with van der Waals surface area (Å²) in [5.41, 5.74) is -1.03. The molecule has 82 valence electrons. The summed E-state index contributed by atoms with van der Waals surface area (Å²) in [6, 6.07) is 3.82. The molecule has 4 heteroatoms. The van der Waals surface area contributed by atoms with Crippen molar-refractivity contribution in [2.75, 3.05) is 7.05 Å². The van der Waals surface area contributed by atoms with E-state index in [9.17, 15) is 13.6 Å². The van der Waals surface area contributed by atoms with Crippen LogP contribution in [-0.4, -0.2) is 13.0 Å². The molecule has 0 atom stereocenters. The fourth-order valence-corrected chi connectivity index (χ4v) is 1.42. The van der Waals surface area contributed by atoms with Gasteiger partial charge in [-0.05, 0) is 19.9 Å². The number of nitrogens with one attached hydrogen (secondary N) is 1. The van der Waals surface area contributed by atoms with E-state index in [2.05, 4.69) is 5.32 Å². The summed E-state index contributed by atoms with van der Waals surface area (Å²) < 4.78 is 26.4. The van der Waals surface area contributed by atoms with Gasteiger partial charge in [-0.1, -0.05) is 12.1 Å². The third-order valence-electron chi connectivity index (χ3n) is 2.42. The fourth-order valence-electron chi connectivity index (χ4n) is 1.42. The molecule has 0 aliphatic carbocycles. The second-order valence-electron chi connectivity index (χ2n) is 3.81. The first kappa shape index (κ1) is 11.6. The van der Waals surface area contributed by atoms with Crippen LogP contribution < -0.4 is 5.32 Å². The van der Waals surface area contributed by atoms with E-state index in [1.165, 1.54) is 19.2 Å². The van der Waals surface area contributed by atoms with E-state index in [-0.39, 0.29) is 11.5 Å². The Bertz CT molecular complexity index is 388. The molecule has 0 aromatic heterocycles. The third-order valence-corrected chi connectivity index (χ3v) is 2.42. The molecule has 2 nitrogen and oxygen atoms in total. The lowest BCUT2D eigenvalue weighted by atomic mass is 9.83. The van der Waals surface area contributed by atoms with Crippen LogP contribution in [0, 0.1) is 11.6 Å². The molecule has 0 aliphatic heterocycles. The zero-order valence-corrected chi connectivity index (χ0v) is 8.90. The van der Waals surface area contributed by atoms with E-state index < -0.39 is 17.0 Å². The molecule has 1 aromatic rings. The van der Waals surface area contributed by atoms with Crippen LogP contribution in [0.1, 0.15) is 19.4 Å². The van der Waals surface area contributed by atoms with Gasteiger partial charge in [0.2, 0.25) is 5.91 Å². The van der Waals surface area contributed by atoms with Crippen LogP contribution in [0.15, 0.2) is 18.2 Å². The maximum Gasteiger partial charge on any atom is 0.229 e. The van der Waals surface area contributed by atoms with Crippen LogP contribution in [0.3, 0.4) is 0 Å². The van der Waals surface area contributed by atoms with Crippen LogP contribution >= 0.6 is 0 Å². The number of carbonyl (C=O) groups is 1. The number of hydrogen-bond donors (Lipinski definition) is 1. The highest BCUT2D eigenvalue weighted by atomic mass is 19.2. The predicted molar refractivity (Wildman–Crippen MR) is 53.5 cm³/mol. The smallest absolute Gasteiger partial charge is 0.229 e. The number of rotatable bonds is 2. The van der Waals surface area contributed by atoms with Crippen molar-refractivity contribution in [3.05, 3.63) is 35.4 Å². The Morgan fingerprint density at radius 2 is 1.93 bits per heavy atom. The minimum Gasteiger partial charge on any atom is -0.358 e. The molecule has 1 rings (SSSR count). The molecule has 0 radical (unpaired) electrons. The van der Waals surface area contributed by atoms with E-state index in [0.717, 1.165) is 6.07 Å². The fraction of sp³-hybridized carbons (Fsp3) is 0.364. The summed E-state index contributed by atoms with van der Waals surface area (Å²) in [4.78, 5) is 11.5. The third kappa shape index (κ3) is 1.98. The average molecular weight is 213 g/mol. The molecule has 1 N–H and O–H groups in total. The maximum atomic E-state index is 13.4. The molecule has 0 fully saturated rings. The molecule has 15 heavy (non-hydrogen) atoms. The number of halogens is 2. The van der Waals surface area contributed by atoms with Gasteiger partial charge in [0.25, 0.3) is 0 Å². The lowest BCUT2D eigenvalue weighted by molar-refractivity contribution is -0.125. The van der Waals surface area contributed by atoms with Gasteiger partial charge in [-0.2, -0.15) is 0 Å². The van der Waals surface area contributed by atoms with Crippen LogP contribution in [0.4, 0.5) is 8.78 Å². The number of amides is 1. The molecule has 0 unspecified atom stereocenters. The first-order valence-electron chi connectivity index (χ1n) is 4.58. The zero-order chi connectivity index (χ0) is 11.6. The van der Waals surface area contributed by atoms with Crippen molar-refractivity contribution < 1.29 is 13.6 Å². The summed E-state index contributed by atoms with van der Waals surface area (Å²) in [5.74, 6) is -2.26. The van der Waals surface area contributed by atoms with Crippen molar-refractivity contribution >= 4 is 5.91 Å². The van der Waals surface area contributed by atoms with E-state index >= 15 is 0 Å². The Hall–Kier alpha value is -1.45. The summed E-state index contributed by atoms with van der Waals surface area (Å²) in [6.45, 7) is 3.09. The van der Waals surface area contributed by atoms with Gasteiger partial charge in [0.1, 0.15) is 0 Å². The molecule has 0 bridgehead atoms. The van der Waals surface area contributed by atoms with Crippen LogP contribution in [0.5, 0.6) is 0 Å². The highest BCUT2D eigenvalue weighted by molar-refractivity contribution is 5.87. The second kappa shape index (κ2) is 3.96. The van der Waals surface area contributed by atoms with Gasteiger partial charge < -0.3 is 5.32 Å². The predicted octanol–water partition coefficient (Wildman–Crippen LogP) is 1.99. The standard InChI is InChI=1S/C11H13F2NO/c1-11(2,10(15)14-3)7-5-4-6-8(12)9(7)13/h4-6H,1-3H3,(H,14,15). The number of hydrogen-bond acceptors (Lipinski definition) is 1. The summed E-state index contributed by atoms with van der Waals surface area (Å²) in [5, 5.41) is 2.42. The van der Waals surface area contributed by atoms with Gasteiger partial charge in [0, 0.05) is 12.6 Å². The molecule has 0 saturated carbocycles. The summed E-state index contributed by atoms with van der Waals surface area (Å²) >= 11 is 0. The Morgan fingerprint density at radius 1 is 1.33 bits per heavy atom. The number of carbonyl (C=O) groups excluding carboxylic acids is 1. The van der Waals surface area contributed by atoms with Crippen LogP contribution in [0.25, 0.3) is 0 Å². The Labute approximate surface area is 87.3 Å². The van der Waals surface area contributed by atoms with E-state index in [0.29, 0.717) is 0 Å². The summed E-state index contributed by atoms with van der Waals surface area (Å²) in [7, 11) is 1.46. The van der Waals surface area contributed by atoms with E-state index in [1.54, 1.807) is 13.8 Å². The molecular formula is C11H13F2NO. The van der Waals surface area contributed by atoms with Gasteiger partial charge in [0.05, 0.1) is 5.41 Å². The van der Waals surface area contributed by atoms with Gasteiger partial charge in [0.15, 0.2) is 11.6 Å². The van der Waals surface area contributed by atoms with Crippen molar-refractivity contribution in [3.63, 3.8) is 0 Å². The van der Waals surface area contributed by atoms with Crippen LogP contribution in [-0.2, 0) is 10.2 Å². The van der Waals surface area contributed by atoms with Crippen molar-refractivity contribution in [1.29, 1.82) is 0 Å². The average Bonchev–Trinajstić information content (AvgIpc) is 2.20. The zero-order valence-electron chi connectivity index (χ0n) is 8.90. The highest BCUT2D eigenvalue weighted by Gasteiger charge is 2.32. The van der Waals surface area contributed by atoms with Gasteiger partial charge >= 0.3 is 0 Å². The minimum absolute atomic E-state index is 0.0573. The maximum absolute atomic E-state index is 13.4. The van der Waals surface area contributed by atoms with Crippen molar-refractivity contribution in [2.24, 2.45) is 0 Å². The van der Waals surface area contributed by atoms with E-state index in [4.69, 9.17) is 0 Å². The molecule has 0 spiro atoms. The molecule has 1 amide bonds.